The van der Waals surface area contributed by atoms with Crippen LogP contribution in [0.2, 0.25) is 5.02 Å². The highest BCUT2D eigenvalue weighted by Gasteiger charge is 2.31. The lowest BCUT2D eigenvalue weighted by atomic mass is 10.1. The van der Waals surface area contributed by atoms with Crippen molar-refractivity contribution in [3.8, 4) is 6.07 Å². The second-order valence-electron chi connectivity index (χ2n) is 7.32. The molecule has 1 heterocycles. The van der Waals surface area contributed by atoms with Crippen LogP contribution in [0, 0.1) is 21.4 Å². The number of rotatable bonds is 7. The predicted molar refractivity (Wildman–Crippen MR) is 120 cm³/mol. The van der Waals surface area contributed by atoms with Gasteiger partial charge in [-0.25, -0.2) is 0 Å². The molecule has 0 aliphatic carbocycles. The molecule has 1 saturated heterocycles. The molecule has 1 unspecified atom stereocenters. The molecule has 0 aromatic heterocycles. The molecule has 1 aliphatic heterocycles. The molecule has 0 N–H and O–H groups in total. The average molecular weight is 442 g/mol. The van der Waals surface area contributed by atoms with Gasteiger partial charge in [-0.2, -0.15) is 5.26 Å². The van der Waals surface area contributed by atoms with E-state index in [9.17, 15) is 14.9 Å². The number of nitrogens with zero attached hydrogens (tertiary/aromatic N) is 5. The molecule has 2 aromatic rings. The summed E-state index contributed by atoms with van der Waals surface area (Å²) < 4.78 is 0. The van der Waals surface area contributed by atoms with Crippen LogP contribution in [0.5, 0.6) is 0 Å². The first kappa shape index (κ1) is 22.5. The lowest BCUT2D eigenvalue weighted by Gasteiger charge is -2.39. The third-order valence-electron chi connectivity index (χ3n) is 5.48. The minimum absolute atomic E-state index is 0.0168. The van der Waals surface area contributed by atoms with E-state index in [1.165, 1.54) is 6.07 Å². The van der Waals surface area contributed by atoms with Gasteiger partial charge in [-0.3, -0.25) is 19.8 Å². The van der Waals surface area contributed by atoms with Gasteiger partial charge in [0.05, 0.1) is 23.5 Å². The number of para-hydroxylation sites is 1. The van der Waals surface area contributed by atoms with E-state index in [2.05, 4.69) is 11.0 Å². The van der Waals surface area contributed by atoms with Gasteiger partial charge >= 0.3 is 0 Å². The second kappa shape index (κ2) is 10.2. The molecule has 2 aromatic carbocycles. The maximum Gasteiger partial charge on any atom is 0.294 e. The smallest absolute Gasteiger partial charge is 0.294 e. The van der Waals surface area contributed by atoms with Crippen molar-refractivity contribution in [3.63, 3.8) is 0 Å². The zero-order valence-electron chi connectivity index (χ0n) is 17.3. The summed E-state index contributed by atoms with van der Waals surface area (Å²) >= 11 is 5.92. The molecule has 1 atom stereocenters. The number of anilines is 2. The zero-order chi connectivity index (χ0) is 22.4. The number of benzene rings is 2. The van der Waals surface area contributed by atoms with Crippen molar-refractivity contribution < 1.29 is 9.72 Å². The molecule has 8 nitrogen and oxygen atoms in total. The topological polar surface area (TPSA) is 93.7 Å². The van der Waals surface area contributed by atoms with E-state index in [-0.39, 0.29) is 24.1 Å². The molecule has 3 rings (SSSR count). The van der Waals surface area contributed by atoms with E-state index in [0.29, 0.717) is 43.4 Å². The molecule has 0 saturated carbocycles. The summed E-state index contributed by atoms with van der Waals surface area (Å²) in [5, 5.41) is 20.7. The Kier molecular flexibility index (Phi) is 7.45. The van der Waals surface area contributed by atoms with Crippen molar-refractivity contribution in [3.05, 3.63) is 63.7 Å². The van der Waals surface area contributed by atoms with Gasteiger partial charge in [-0.1, -0.05) is 29.8 Å². The Labute approximate surface area is 186 Å². The van der Waals surface area contributed by atoms with Crippen LogP contribution in [-0.4, -0.2) is 54.5 Å². The minimum Gasteiger partial charge on any atom is -0.363 e. The van der Waals surface area contributed by atoms with E-state index in [1.54, 1.807) is 17.0 Å². The summed E-state index contributed by atoms with van der Waals surface area (Å²) in [4.78, 5) is 29.9. The normalized spacial score (nSPS) is 15.2. The van der Waals surface area contributed by atoms with Crippen LogP contribution in [0.1, 0.15) is 13.3 Å². The van der Waals surface area contributed by atoms with E-state index < -0.39 is 4.92 Å². The maximum absolute atomic E-state index is 13.2. The van der Waals surface area contributed by atoms with Crippen molar-refractivity contribution in [1.82, 2.24) is 4.90 Å². The minimum atomic E-state index is -0.424. The fourth-order valence-corrected chi connectivity index (χ4v) is 3.94. The van der Waals surface area contributed by atoms with Gasteiger partial charge in [0.15, 0.2) is 0 Å². The number of nitro benzene ring substituents is 1. The molecule has 1 fully saturated rings. The van der Waals surface area contributed by atoms with Crippen LogP contribution in [0.4, 0.5) is 17.1 Å². The molecule has 162 valence electrons. The van der Waals surface area contributed by atoms with Gasteiger partial charge < -0.3 is 9.80 Å². The van der Waals surface area contributed by atoms with Crippen molar-refractivity contribution in [2.24, 2.45) is 0 Å². The molecule has 1 aliphatic rings. The number of piperazine rings is 1. The fourth-order valence-electron chi connectivity index (χ4n) is 3.78. The van der Waals surface area contributed by atoms with Crippen LogP contribution >= 0.6 is 11.6 Å². The Morgan fingerprint density at radius 3 is 2.52 bits per heavy atom. The highest BCUT2D eigenvalue weighted by Crippen LogP contribution is 2.32. The summed E-state index contributed by atoms with van der Waals surface area (Å²) in [6, 6.07) is 15.7. The monoisotopic (exact) mass is 441 g/mol. The van der Waals surface area contributed by atoms with Gasteiger partial charge in [0.2, 0.25) is 5.91 Å². The van der Waals surface area contributed by atoms with Gasteiger partial charge in [0, 0.05) is 49.5 Å². The van der Waals surface area contributed by atoms with Crippen molar-refractivity contribution in [1.29, 1.82) is 5.26 Å². The predicted octanol–water partition coefficient (Wildman–Crippen LogP) is 3.71. The van der Waals surface area contributed by atoms with E-state index in [4.69, 9.17) is 16.9 Å². The molecule has 1 amide bonds. The van der Waals surface area contributed by atoms with Crippen LogP contribution in [0.3, 0.4) is 0 Å². The highest BCUT2D eigenvalue weighted by molar-refractivity contribution is 6.30. The first-order chi connectivity index (χ1) is 14.9. The molecule has 31 heavy (non-hydrogen) atoms. The number of nitriles is 1. The average Bonchev–Trinajstić information content (AvgIpc) is 2.79. The first-order valence-corrected chi connectivity index (χ1v) is 10.5. The summed E-state index contributed by atoms with van der Waals surface area (Å²) in [6.45, 7) is 4.50. The summed E-state index contributed by atoms with van der Waals surface area (Å²) in [6.07, 6.45) is 0.251. The SMILES string of the molecule is CC(C(=O)N(CCC#N)c1ccccc1)N1CCN(c2ccc(Cl)cc2[N+](=O)[O-])CC1. The second-order valence-corrected chi connectivity index (χ2v) is 7.76. The molecule has 9 heteroatoms. The number of halogens is 1. The van der Waals surface area contributed by atoms with E-state index >= 15 is 0 Å². The number of hydrogen-bond acceptors (Lipinski definition) is 6. The lowest BCUT2D eigenvalue weighted by Crippen LogP contribution is -2.55. The zero-order valence-corrected chi connectivity index (χ0v) is 18.0. The van der Waals surface area contributed by atoms with Gasteiger partial charge in [0.1, 0.15) is 5.69 Å². The molecule has 0 radical (unpaired) electrons. The standard InChI is InChI=1S/C22H24ClN5O3/c1-17(22(29)27(11-5-10-24)19-6-3-2-4-7-19)25-12-14-26(15-13-25)20-9-8-18(23)16-21(20)28(30)31/h2-4,6-9,16-17H,5,11-15H2,1H3. The number of hydrogen-bond donors (Lipinski definition) is 0. The van der Waals surface area contributed by atoms with Crippen LogP contribution < -0.4 is 9.80 Å². The van der Waals surface area contributed by atoms with Crippen molar-refractivity contribution >= 4 is 34.6 Å². The first-order valence-electron chi connectivity index (χ1n) is 10.1. The molecular weight excluding hydrogens is 418 g/mol. The van der Waals surface area contributed by atoms with E-state index in [1.807, 2.05) is 42.2 Å². The van der Waals surface area contributed by atoms with E-state index in [0.717, 1.165) is 5.69 Å². The largest absolute Gasteiger partial charge is 0.363 e. The Hall–Kier alpha value is -3.15. The van der Waals surface area contributed by atoms with Crippen molar-refractivity contribution in [2.75, 3.05) is 42.5 Å². The fraction of sp³-hybridized carbons (Fsp3) is 0.364. The summed E-state index contributed by atoms with van der Waals surface area (Å²) in [5.74, 6) is -0.0626. The third kappa shape index (κ3) is 5.32. The quantitative estimate of drug-likeness (QED) is 0.480. The Morgan fingerprint density at radius 2 is 1.90 bits per heavy atom. The van der Waals surface area contributed by atoms with Crippen molar-refractivity contribution in [2.45, 2.75) is 19.4 Å². The maximum atomic E-state index is 13.2. The molecular formula is C22H24ClN5O3. The lowest BCUT2D eigenvalue weighted by molar-refractivity contribution is -0.384. The Morgan fingerprint density at radius 1 is 1.23 bits per heavy atom. The Balaban J connectivity index is 1.69. The third-order valence-corrected chi connectivity index (χ3v) is 5.71. The van der Waals surface area contributed by atoms with Gasteiger partial charge in [-0.15, -0.1) is 0 Å². The molecule has 0 bridgehead atoms. The number of carbonyl (C=O) groups is 1. The van der Waals surface area contributed by atoms with Gasteiger partial charge in [-0.05, 0) is 31.2 Å². The van der Waals surface area contributed by atoms with Crippen LogP contribution in [0.25, 0.3) is 0 Å². The van der Waals surface area contributed by atoms with Crippen LogP contribution in [0.15, 0.2) is 48.5 Å². The summed E-state index contributed by atoms with van der Waals surface area (Å²) in [5.41, 5.74) is 1.29. The number of amides is 1. The molecule has 0 spiro atoms. The summed E-state index contributed by atoms with van der Waals surface area (Å²) in [7, 11) is 0. The van der Waals surface area contributed by atoms with Crippen LogP contribution in [-0.2, 0) is 4.79 Å². The Bertz CT molecular complexity index is 971. The van der Waals surface area contributed by atoms with Gasteiger partial charge in [0.25, 0.3) is 5.69 Å². The highest BCUT2D eigenvalue weighted by atomic mass is 35.5. The number of nitro groups is 1. The number of carbonyl (C=O) groups excluding carboxylic acids is 1.